The van der Waals surface area contributed by atoms with Crippen LogP contribution in [-0.2, 0) is 24.5 Å². The molecule has 40 heavy (non-hydrogen) atoms. The van der Waals surface area contributed by atoms with Crippen LogP contribution in [0.5, 0.6) is 0 Å². The summed E-state index contributed by atoms with van der Waals surface area (Å²) in [5.41, 5.74) is 1.21. The summed E-state index contributed by atoms with van der Waals surface area (Å²) in [4.78, 5) is 42.6. The van der Waals surface area contributed by atoms with E-state index in [4.69, 9.17) is 16.8 Å². The summed E-state index contributed by atoms with van der Waals surface area (Å²) in [5.74, 6) is -1.09. The van der Waals surface area contributed by atoms with Gasteiger partial charge in [0.1, 0.15) is 12.6 Å². The molecule has 3 N–H and O–H groups in total. The van der Waals surface area contributed by atoms with Crippen LogP contribution in [0.1, 0.15) is 26.2 Å². The average Bonchev–Trinajstić information content (AvgIpc) is 3.46. The molecular weight excluding hydrogens is 577 g/mol. The van der Waals surface area contributed by atoms with Gasteiger partial charge in [-0.3, -0.25) is 19.0 Å². The number of thioether (sulfide) groups is 1. The first kappa shape index (κ1) is 31.6. The minimum atomic E-state index is -3.96. The number of allylic oxidation sites excluding steroid dienone is 2. The number of carbonyl (C=O) groups excluding carboxylic acids is 2. The van der Waals surface area contributed by atoms with E-state index in [1.807, 2.05) is 24.3 Å². The molecule has 2 heterocycles. The fraction of sp³-hybridized carbons (Fsp3) is 0.462. The number of carboxylic acids is 1. The van der Waals surface area contributed by atoms with Gasteiger partial charge in [-0.1, -0.05) is 36.5 Å². The Labute approximate surface area is 244 Å². The highest BCUT2D eigenvalue weighted by atomic mass is 32.2. The Morgan fingerprint density at radius 3 is 2.62 bits per heavy atom. The van der Waals surface area contributed by atoms with Crippen LogP contribution < -0.4 is 10.2 Å². The van der Waals surface area contributed by atoms with Crippen molar-refractivity contribution in [2.24, 2.45) is 0 Å². The molecule has 2 saturated heterocycles. The molecule has 0 aromatic heterocycles. The van der Waals surface area contributed by atoms with Gasteiger partial charge in [0.05, 0.1) is 15.8 Å². The SMILES string of the molecule is CC(C(=O)O)N(CCNC(=O)CN1C(=O)/C(=C\C=C2\SCCN2CCCCS(=O)(=O)O)CC1=S)c1ccccc1. The number of thiocarbonyl (C=S) groups is 1. The second-order valence-corrected chi connectivity index (χ2v) is 12.5. The highest BCUT2D eigenvalue weighted by Crippen LogP contribution is 2.29. The monoisotopic (exact) mass is 610 g/mol. The van der Waals surface area contributed by atoms with Gasteiger partial charge >= 0.3 is 5.97 Å². The second-order valence-electron chi connectivity index (χ2n) is 9.38. The van der Waals surface area contributed by atoms with Crippen molar-refractivity contribution in [2.45, 2.75) is 32.2 Å². The van der Waals surface area contributed by atoms with E-state index in [2.05, 4.69) is 10.2 Å². The number of anilines is 1. The fourth-order valence-electron chi connectivity index (χ4n) is 4.32. The summed E-state index contributed by atoms with van der Waals surface area (Å²) in [6.07, 6.45) is 4.79. The van der Waals surface area contributed by atoms with Crippen LogP contribution >= 0.6 is 24.0 Å². The third-order valence-corrected chi connectivity index (χ3v) is 8.73. The van der Waals surface area contributed by atoms with E-state index in [1.54, 1.807) is 41.8 Å². The Morgan fingerprint density at radius 1 is 1.23 bits per heavy atom. The van der Waals surface area contributed by atoms with E-state index in [0.29, 0.717) is 29.9 Å². The van der Waals surface area contributed by atoms with E-state index in [9.17, 15) is 27.9 Å². The molecule has 2 amide bonds. The summed E-state index contributed by atoms with van der Waals surface area (Å²) >= 11 is 7.01. The van der Waals surface area contributed by atoms with E-state index >= 15 is 0 Å². The standard InChI is InChI=1S/C26H34N4O7S3/c1-19(26(33)34)29(21-7-3-2-4-8-21)13-11-27-22(31)18-30-23(38)17-20(25(30)32)9-10-24-28(14-15-39-24)12-5-6-16-40(35,36)37/h2-4,7-10,19H,5-6,11-18H2,1H3,(H,27,31)(H,33,34)(H,35,36,37)/b20-9-,24-10+. The maximum Gasteiger partial charge on any atom is 0.326 e. The lowest BCUT2D eigenvalue weighted by Gasteiger charge is -2.29. The van der Waals surface area contributed by atoms with Crippen molar-refractivity contribution in [2.75, 3.05) is 49.1 Å². The largest absolute Gasteiger partial charge is 0.480 e. The molecule has 1 aromatic carbocycles. The van der Waals surface area contributed by atoms with Crippen LogP contribution in [0, 0.1) is 0 Å². The van der Waals surface area contributed by atoms with Crippen LogP contribution in [0.3, 0.4) is 0 Å². The topological polar surface area (TPSA) is 148 Å². The first-order valence-corrected chi connectivity index (χ1v) is 15.9. The molecule has 2 fully saturated rings. The number of benzene rings is 1. The number of nitrogens with one attached hydrogen (secondary N) is 1. The third kappa shape index (κ3) is 9.32. The molecule has 0 saturated carbocycles. The molecule has 14 heteroatoms. The third-order valence-electron chi connectivity index (χ3n) is 6.48. The van der Waals surface area contributed by atoms with Gasteiger partial charge in [-0.15, -0.1) is 11.8 Å². The lowest BCUT2D eigenvalue weighted by Crippen LogP contribution is -2.45. The van der Waals surface area contributed by atoms with Gasteiger partial charge in [-0.05, 0) is 38.0 Å². The summed E-state index contributed by atoms with van der Waals surface area (Å²) in [6, 6.07) is 8.28. The van der Waals surface area contributed by atoms with Crippen LogP contribution in [0.15, 0.2) is 53.1 Å². The quantitative estimate of drug-likeness (QED) is 0.123. The lowest BCUT2D eigenvalue weighted by atomic mass is 10.2. The fourth-order valence-corrected chi connectivity index (χ4v) is 6.24. The highest BCUT2D eigenvalue weighted by Gasteiger charge is 2.32. The van der Waals surface area contributed by atoms with Crippen LogP contribution in [0.2, 0.25) is 0 Å². The number of carbonyl (C=O) groups is 3. The average molecular weight is 611 g/mol. The molecule has 2 aliphatic heterocycles. The first-order chi connectivity index (χ1) is 19.0. The summed E-state index contributed by atoms with van der Waals surface area (Å²) in [7, 11) is -3.96. The van der Waals surface area contributed by atoms with Crippen molar-refractivity contribution in [3.05, 3.63) is 53.1 Å². The highest BCUT2D eigenvalue weighted by molar-refractivity contribution is 8.03. The predicted octanol–water partition coefficient (Wildman–Crippen LogP) is 2.13. The van der Waals surface area contributed by atoms with Gasteiger partial charge in [-0.25, -0.2) is 4.79 Å². The molecule has 3 rings (SSSR count). The number of hydrogen-bond donors (Lipinski definition) is 3. The van der Waals surface area contributed by atoms with Crippen molar-refractivity contribution >= 4 is 62.6 Å². The van der Waals surface area contributed by atoms with Gasteiger partial charge in [0.25, 0.3) is 16.0 Å². The van der Waals surface area contributed by atoms with Crippen LogP contribution in [0.25, 0.3) is 0 Å². The Kier molecular flexibility index (Phi) is 11.5. The number of nitrogens with zero attached hydrogens (tertiary/aromatic N) is 3. The number of hydrogen-bond acceptors (Lipinski definition) is 9. The zero-order valence-corrected chi connectivity index (χ0v) is 24.6. The van der Waals surface area contributed by atoms with Crippen molar-refractivity contribution in [3.63, 3.8) is 0 Å². The maximum absolute atomic E-state index is 13.0. The van der Waals surface area contributed by atoms with Crippen molar-refractivity contribution in [1.29, 1.82) is 0 Å². The minimum Gasteiger partial charge on any atom is -0.480 e. The van der Waals surface area contributed by atoms with Crippen LogP contribution in [0.4, 0.5) is 5.69 Å². The number of rotatable bonds is 14. The lowest BCUT2D eigenvalue weighted by molar-refractivity contribution is -0.138. The second kappa shape index (κ2) is 14.6. The normalized spacial score (nSPS) is 18.6. The number of carboxylic acid groups (broad SMARTS) is 1. The van der Waals surface area contributed by atoms with Gasteiger partial charge in [0.15, 0.2) is 0 Å². The van der Waals surface area contributed by atoms with E-state index in [0.717, 1.165) is 23.0 Å². The summed E-state index contributed by atoms with van der Waals surface area (Å²) in [5, 5.41) is 13.2. The Hall–Kier alpha value is -2.94. The Morgan fingerprint density at radius 2 is 1.95 bits per heavy atom. The molecular formula is C26H34N4O7S3. The molecule has 0 radical (unpaired) electrons. The molecule has 0 aliphatic carbocycles. The number of aliphatic carboxylic acids is 1. The van der Waals surface area contributed by atoms with Crippen molar-refractivity contribution in [1.82, 2.24) is 15.1 Å². The maximum atomic E-state index is 13.0. The molecule has 11 nitrogen and oxygen atoms in total. The molecule has 218 valence electrons. The van der Waals surface area contributed by atoms with Gasteiger partial charge in [0, 0.05) is 49.6 Å². The summed E-state index contributed by atoms with van der Waals surface area (Å²) < 4.78 is 30.7. The zero-order chi connectivity index (χ0) is 29.3. The van der Waals surface area contributed by atoms with E-state index in [-0.39, 0.29) is 37.7 Å². The van der Waals surface area contributed by atoms with Crippen molar-refractivity contribution in [3.8, 4) is 0 Å². The number of unbranched alkanes of at least 4 members (excludes halogenated alkanes) is 1. The Balaban J connectivity index is 1.52. The molecule has 0 bridgehead atoms. The predicted molar refractivity (Wildman–Crippen MR) is 159 cm³/mol. The van der Waals surface area contributed by atoms with E-state index < -0.39 is 28.0 Å². The molecule has 1 aromatic rings. The summed E-state index contributed by atoms with van der Waals surface area (Å²) in [6.45, 7) is 3.26. The van der Waals surface area contributed by atoms with Gasteiger partial charge < -0.3 is 20.2 Å². The van der Waals surface area contributed by atoms with Crippen molar-refractivity contribution < 1.29 is 32.5 Å². The van der Waals surface area contributed by atoms with Crippen LogP contribution in [-0.4, -0.2) is 101 Å². The minimum absolute atomic E-state index is 0.187. The molecule has 0 spiro atoms. The molecule has 1 unspecified atom stereocenters. The van der Waals surface area contributed by atoms with E-state index in [1.165, 1.54) is 4.90 Å². The van der Waals surface area contributed by atoms with Gasteiger partial charge in [-0.2, -0.15) is 8.42 Å². The smallest absolute Gasteiger partial charge is 0.326 e. The molecule has 1 atom stereocenters. The number of para-hydroxylation sites is 1. The van der Waals surface area contributed by atoms with Gasteiger partial charge in [0.2, 0.25) is 5.91 Å². The Bertz CT molecular complexity index is 1270. The zero-order valence-electron chi connectivity index (χ0n) is 22.2. The number of likely N-dealkylation sites (tertiary alicyclic amines) is 1. The number of amides is 2. The molecule has 2 aliphatic rings. The first-order valence-electron chi connectivity index (χ1n) is 12.9.